The molecule has 3 atom stereocenters. The van der Waals surface area contributed by atoms with E-state index in [0.717, 1.165) is 15.7 Å². The van der Waals surface area contributed by atoms with Crippen molar-refractivity contribution in [1.29, 1.82) is 0 Å². The maximum Gasteiger partial charge on any atom is 0.269 e. The Hall–Kier alpha value is -3.91. The number of carbonyl (C=O) groups is 3. The number of non-ortho nitro benzene ring substituents is 1. The van der Waals surface area contributed by atoms with E-state index in [4.69, 9.17) is 0 Å². The molecular weight excluding hydrogens is 560 g/mol. The number of Topliss-reactive ketones (excluding diaryl/α,β-unsaturated/α-hetero) is 3. The minimum absolute atomic E-state index is 0.107. The lowest BCUT2D eigenvalue weighted by Crippen LogP contribution is -2.49. The van der Waals surface area contributed by atoms with Crippen LogP contribution in [0.5, 0.6) is 0 Å². The highest BCUT2D eigenvalue weighted by Crippen LogP contribution is 2.61. The van der Waals surface area contributed by atoms with Crippen LogP contribution in [0.15, 0.2) is 77.3 Å². The first-order valence-electron chi connectivity index (χ1n) is 12.7. The monoisotopic (exact) mass is 584 g/mol. The molecule has 7 nitrogen and oxygen atoms in total. The van der Waals surface area contributed by atoms with E-state index < -0.39 is 33.8 Å². The van der Waals surface area contributed by atoms with Crippen LogP contribution >= 0.6 is 15.9 Å². The maximum absolute atomic E-state index is 14.5. The van der Waals surface area contributed by atoms with E-state index in [9.17, 15) is 24.5 Å². The molecule has 8 heteroatoms. The molecule has 196 valence electrons. The third-order valence-corrected chi connectivity index (χ3v) is 8.73. The van der Waals surface area contributed by atoms with Gasteiger partial charge < -0.3 is 4.90 Å². The van der Waals surface area contributed by atoms with E-state index in [0.29, 0.717) is 16.7 Å². The molecule has 1 fully saturated rings. The second-order valence-corrected chi connectivity index (χ2v) is 12.3. The number of nitro benzene ring substituents is 1. The molecule has 39 heavy (non-hydrogen) atoms. The van der Waals surface area contributed by atoms with Crippen molar-refractivity contribution in [2.24, 2.45) is 10.8 Å². The van der Waals surface area contributed by atoms with Crippen LogP contribution in [0.25, 0.3) is 6.08 Å². The first-order valence-corrected chi connectivity index (χ1v) is 13.5. The summed E-state index contributed by atoms with van der Waals surface area (Å²) in [5.74, 6) is -1.64. The Labute approximate surface area is 233 Å². The number of fused-ring (bicyclic) bond motifs is 5. The Morgan fingerprint density at radius 1 is 0.974 bits per heavy atom. The fraction of sp³-hybridized carbons (Fsp3) is 0.258. The quantitative estimate of drug-likeness (QED) is 0.200. The Balaban J connectivity index is 1.68. The SMILES string of the molecule is CC(C)(C)C(=O)[C@@H]1[C@@H](c2ccc([N+](=O)[O-])cc2)C2(C(=O)c3ccccc3C2=O)[C@@H]2C=Cc3cc(Br)ccc3N12. The molecule has 0 bridgehead atoms. The van der Waals surface area contributed by atoms with Crippen LogP contribution in [0.4, 0.5) is 11.4 Å². The topological polar surface area (TPSA) is 97.6 Å². The lowest BCUT2D eigenvalue weighted by atomic mass is 9.63. The van der Waals surface area contributed by atoms with Crippen molar-refractivity contribution in [3.05, 3.63) is 110 Å². The average molecular weight is 585 g/mol. The Morgan fingerprint density at radius 2 is 1.59 bits per heavy atom. The summed E-state index contributed by atoms with van der Waals surface area (Å²) in [6.45, 7) is 5.49. The van der Waals surface area contributed by atoms with Gasteiger partial charge in [0.1, 0.15) is 5.41 Å². The highest BCUT2D eigenvalue weighted by molar-refractivity contribution is 9.10. The normalized spacial score (nSPS) is 22.6. The number of nitro groups is 1. The minimum atomic E-state index is -1.62. The highest BCUT2D eigenvalue weighted by Gasteiger charge is 2.71. The Kier molecular flexibility index (Phi) is 5.56. The lowest BCUT2D eigenvalue weighted by molar-refractivity contribution is -0.384. The zero-order valence-electron chi connectivity index (χ0n) is 21.6. The summed E-state index contributed by atoms with van der Waals surface area (Å²) >= 11 is 3.52. The third kappa shape index (κ3) is 3.44. The van der Waals surface area contributed by atoms with E-state index in [2.05, 4.69) is 15.9 Å². The summed E-state index contributed by atoms with van der Waals surface area (Å²) in [6.07, 6.45) is 3.77. The van der Waals surface area contributed by atoms with Crippen LogP contribution in [0, 0.1) is 20.9 Å². The van der Waals surface area contributed by atoms with Gasteiger partial charge >= 0.3 is 0 Å². The Bertz CT molecular complexity index is 1580. The zero-order chi connectivity index (χ0) is 27.9. The van der Waals surface area contributed by atoms with Gasteiger partial charge in [0.25, 0.3) is 5.69 Å². The third-order valence-electron chi connectivity index (χ3n) is 8.24. The molecule has 0 amide bonds. The second-order valence-electron chi connectivity index (χ2n) is 11.4. The molecule has 3 aromatic carbocycles. The fourth-order valence-corrected chi connectivity index (χ4v) is 6.95. The van der Waals surface area contributed by atoms with Gasteiger partial charge in [0.15, 0.2) is 17.3 Å². The number of ketones is 3. The number of benzene rings is 3. The van der Waals surface area contributed by atoms with Gasteiger partial charge in [0, 0.05) is 44.8 Å². The van der Waals surface area contributed by atoms with Gasteiger partial charge in [-0.2, -0.15) is 0 Å². The molecule has 2 heterocycles. The van der Waals surface area contributed by atoms with Gasteiger partial charge in [-0.25, -0.2) is 0 Å². The smallest absolute Gasteiger partial charge is 0.269 e. The van der Waals surface area contributed by atoms with Crippen molar-refractivity contribution in [2.75, 3.05) is 4.90 Å². The molecule has 1 aliphatic carbocycles. The molecule has 3 aliphatic rings. The molecule has 0 aromatic heterocycles. The summed E-state index contributed by atoms with van der Waals surface area (Å²) in [5, 5.41) is 11.4. The van der Waals surface area contributed by atoms with E-state index in [1.165, 1.54) is 12.1 Å². The van der Waals surface area contributed by atoms with Crippen molar-refractivity contribution < 1.29 is 19.3 Å². The molecule has 3 aromatic rings. The highest BCUT2D eigenvalue weighted by atomic mass is 79.9. The number of hydrogen-bond donors (Lipinski definition) is 0. The summed E-state index contributed by atoms with van der Waals surface area (Å²) < 4.78 is 0.865. The molecule has 0 radical (unpaired) electrons. The van der Waals surface area contributed by atoms with Gasteiger partial charge in [-0.05, 0) is 29.3 Å². The van der Waals surface area contributed by atoms with Crippen LogP contribution in [-0.4, -0.2) is 34.4 Å². The summed E-state index contributed by atoms with van der Waals surface area (Å²) in [7, 11) is 0. The first kappa shape index (κ1) is 25.4. The predicted octanol–water partition coefficient (Wildman–Crippen LogP) is 6.41. The number of anilines is 1. The largest absolute Gasteiger partial charge is 0.352 e. The number of hydrogen-bond acceptors (Lipinski definition) is 6. The van der Waals surface area contributed by atoms with Crippen molar-refractivity contribution >= 4 is 50.7 Å². The molecule has 0 N–H and O–H groups in total. The molecular formula is C31H25BrN2O5. The maximum atomic E-state index is 14.5. The van der Waals surface area contributed by atoms with Crippen LogP contribution in [0.1, 0.15) is 58.5 Å². The summed E-state index contributed by atoms with van der Waals surface area (Å²) in [4.78, 5) is 56.3. The number of nitrogens with zero attached hydrogens (tertiary/aromatic N) is 2. The van der Waals surface area contributed by atoms with Crippen molar-refractivity contribution in [3.8, 4) is 0 Å². The fourth-order valence-electron chi connectivity index (χ4n) is 6.57. The van der Waals surface area contributed by atoms with Crippen LogP contribution in [0.3, 0.4) is 0 Å². The molecule has 1 spiro atoms. The predicted molar refractivity (Wildman–Crippen MR) is 151 cm³/mol. The first-order chi connectivity index (χ1) is 18.5. The van der Waals surface area contributed by atoms with Gasteiger partial charge in [0.2, 0.25) is 0 Å². The van der Waals surface area contributed by atoms with Crippen molar-refractivity contribution in [3.63, 3.8) is 0 Å². The standard InChI is InChI=1S/C31H25BrN2O5/c1-30(2,3)29(37)26-25(17-8-12-20(13-9-17)34(38)39)31(27(35)21-6-4-5-7-22(21)28(31)36)24-15-10-18-16-19(32)11-14-23(18)33(24)26/h4-16,24-26H,1-3H3/t24-,25+,26-/m0/s1. The van der Waals surface area contributed by atoms with E-state index in [-0.39, 0.29) is 23.0 Å². The van der Waals surface area contributed by atoms with Gasteiger partial charge in [0.05, 0.1) is 17.0 Å². The van der Waals surface area contributed by atoms with E-state index in [1.54, 1.807) is 36.4 Å². The summed E-state index contributed by atoms with van der Waals surface area (Å²) in [6, 6.07) is 16.8. The average Bonchev–Trinajstić information content (AvgIpc) is 3.33. The molecule has 6 rings (SSSR count). The molecule has 2 aliphatic heterocycles. The Morgan fingerprint density at radius 3 is 2.15 bits per heavy atom. The van der Waals surface area contributed by atoms with Crippen LogP contribution < -0.4 is 4.90 Å². The van der Waals surface area contributed by atoms with Gasteiger partial charge in [-0.3, -0.25) is 24.5 Å². The second kappa shape index (κ2) is 8.55. The van der Waals surface area contributed by atoms with Crippen molar-refractivity contribution in [2.45, 2.75) is 38.8 Å². The lowest BCUT2D eigenvalue weighted by Gasteiger charge is -2.38. The molecule has 0 saturated carbocycles. The number of carbonyl (C=O) groups excluding carboxylic acids is 3. The van der Waals surface area contributed by atoms with Crippen molar-refractivity contribution in [1.82, 2.24) is 0 Å². The number of halogens is 1. The number of rotatable bonds is 3. The molecule has 1 saturated heterocycles. The minimum Gasteiger partial charge on any atom is -0.352 e. The molecule has 0 unspecified atom stereocenters. The summed E-state index contributed by atoms with van der Waals surface area (Å²) in [5.41, 5.74) is 0.321. The van der Waals surface area contributed by atoms with Gasteiger partial charge in [-0.15, -0.1) is 0 Å². The van der Waals surface area contributed by atoms with E-state index >= 15 is 0 Å². The van der Waals surface area contributed by atoms with Crippen LogP contribution in [0.2, 0.25) is 0 Å². The van der Waals surface area contributed by atoms with Crippen LogP contribution in [-0.2, 0) is 4.79 Å². The van der Waals surface area contributed by atoms with Gasteiger partial charge in [-0.1, -0.05) is 85.3 Å². The van der Waals surface area contributed by atoms with E-state index in [1.807, 2.05) is 56.0 Å². The zero-order valence-corrected chi connectivity index (χ0v) is 23.1.